The number of H-pyrrole nitrogens is 1. The normalized spacial score (nSPS) is 11.8. The quantitative estimate of drug-likeness (QED) is 0.417. The van der Waals surface area contributed by atoms with Gasteiger partial charge in [0.25, 0.3) is 5.91 Å². The third-order valence-electron chi connectivity index (χ3n) is 5.93. The second-order valence-corrected chi connectivity index (χ2v) is 7.93. The van der Waals surface area contributed by atoms with E-state index in [1.54, 1.807) is 24.1 Å². The number of ether oxygens (including phenoxy) is 3. The smallest absolute Gasteiger partial charge is 0.254 e. The topological polar surface area (TPSA) is 63.8 Å². The molecule has 3 aromatic carbocycles. The van der Waals surface area contributed by atoms with Gasteiger partial charge in [0.15, 0.2) is 11.5 Å². The zero-order valence-electron chi connectivity index (χ0n) is 19.5. The molecular formula is C27H28N2O4. The molecule has 1 aromatic heterocycles. The van der Waals surface area contributed by atoms with Crippen LogP contribution in [-0.2, 0) is 0 Å². The zero-order valence-corrected chi connectivity index (χ0v) is 19.5. The molecule has 170 valence electrons. The zero-order chi connectivity index (χ0) is 23.5. The van der Waals surface area contributed by atoms with Crippen molar-refractivity contribution in [1.29, 1.82) is 0 Å². The summed E-state index contributed by atoms with van der Waals surface area (Å²) in [4.78, 5) is 18.8. The Morgan fingerprint density at radius 3 is 2.15 bits per heavy atom. The van der Waals surface area contributed by atoms with Crippen LogP contribution in [0.3, 0.4) is 0 Å². The largest absolute Gasteiger partial charge is 0.493 e. The van der Waals surface area contributed by atoms with Gasteiger partial charge in [-0.05, 0) is 30.7 Å². The van der Waals surface area contributed by atoms with Gasteiger partial charge >= 0.3 is 0 Å². The third kappa shape index (κ3) is 4.12. The van der Waals surface area contributed by atoms with Gasteiger partial charge in [-0.1, -0.05) is 48.0 Å². The molecule has 0 saturated carbocycles. The second kappa shape index (κ2) is 9.28. The number of fused-ring (bicyclic) bond motifs is 1. The SMILES string of the molecule is COc1cc(C(=O)N(C)[C@@H](c2ccc(C)cc2)c2c[nH]c3ccccc23)cc(OC)c1OC. The van der Waals surface area contributed by atoms with E-state index in [2.05, 4.69) is 42.2 Å². The van der Waals surface area contributed by atoms with E-state index < -0.39 is 0 Å². The van der Waals surface area contributed by atoms with Crippen molar-refractivity contribution in [2.24, 2.45) is 0 Å². The lowest BCUT2D eigenvalue weighted by atomic mass is 9.95. The first-order chi connectivity index (χ1) is 16.0. The van der Waals surface area contributed by atoms with Gasteiger partial charge in [0.05, 0.1) is 27.4 Å². The maximum absolute atomic E-state index is 13.8. The Morgan fingerprint density at radius 2 is 1.55 bits per heavy atom. The van der Waals surface area contributed by atoms with Crippen LogP contribution in [0.1, 0.15) is 33.1 Å². The van der Waals surface area contributed by atoms with E-state index in [-0.39, 0.29) is 11.9 Å². The summed E-state index contributed by atoms with van der Waals surface area (Å²) in [5.74, 6) is 1.16. The van der Waals surface area contributed by atoms with Crippen LogP contribution in [0.2, 0.25) is 0 Å². The molecule has 6 nitrogen and oxygen atoms in total. The number of para-hydroxylation sites is 1. The van der Waals surface area contributed by atoms with Gasteiger partial charge in [0.1, 0.15) is 0 Å². The lowest BCUT2D eigenvalue weighted by molar-refractivity contribution is 0.0755. The molecule has 0 aliphatic carbocycles. The lowest BCUT2D eigenvalue weighted by Crippen LogP contribution is -2.32. The van der Waals surface area contributed by atoms with Crippen molar-refractivity contribution in [3.63, 3.8) is 0 Å². The molecule has 33 heavy (non-hydrogen) atoms. The van der Waals surface area contributed by atoms with Crippen molar-refractivity contribution in [2.45, 2.75) is 13.0 Å². The molecule has 1 amide bonds. The summed E-state index contributed by atoms with van der Waals surface area (Å²) in [5, 5.41) is 1.08. The van der Waals surface area contributed by atoms with Crippen molar-refractivity contribution in [3.8, 4) is 17.2 Å². The fourth-order valence-corrected chi connectivity index (χ4v) is 4.21. The number of aryl methyl sites for hydroxylation is 1. The van der Waals surface area contributed by atoms with E-state index in [4.69, 9.17) is 14.2 Å². The van der Waals surface area contributed by atoms with E-state index in [0.717, 1.165) is 27.6 Å². The Hall–Kier alpha value is -3.93. The average molecular weight is 445 g/mol. The van der Waals surface area contributed by atoms with Crippen LogP contribution in [-0.4, -0.2) is 44.2 Å². The molecule has 1 atom stereocenters. The minimum absolute atomic E-state index is 0.162. The molecule has 0 spiro atoms. The number of amides is 1. The van der Waals surface area contributed by atoms with Crippen LogP contribution in [0.4, 0.5) is 0 Å². The highest BCUT2D eigenvalue weighted by atomic mass is 16.5. The maximum atomic E-state index is 13.8. The molecule has 0 radical (unpaired) electrons. The first-order valence-electron chi connectivity index (χ1n) is 10.7. The summed E-state index contributed by atoms with van der Waals surface area (Å²) in [6, 6.07) is 19.4. The lowest BCUT2D eigenvalue weighted by Gasteiger charge is -2.29. The number of carbonyl (C=O) groups excluding carboxylic acids is 1. The van der Waals surface area contributed by atoms with Crippen molar-refractivity contribution in [2.75, 3.05) is 28.4 Å². The summed E-state index contributed by atoms with van der Waals surface area (Å²) < 4.78 is 16.3. The van der Waals surface area contributed by atoms with Crippen molar-refractivity contribution >= 4 is 16.8 Å². The molecule has 0 bridgehead atoms. The first kappa shape index (κ1) is 22.3. The fourth-order valence-electron chi connectivity index (χ4n) is 4.21. The van der Waals surface area contributed by atoms with Gasteiger partial charge in [0.2, 0.25) is 5.75 Å². The Kier molecular flexibility index (Phi) is 6.27. The van der Waals surface area contributed by atoms with E-state index >= 15 is 0 Å². The number of nitrogens with zero attached hydrogens (tertiary/aromatic N) is 1. The molecule has 0 unspecified atom stereocenters. The number of carbonyl (C=O) groups is 1. The number of rotatable bonds is 7. The van der Waals surface area contributed by atoms with Crippen molar-refractivity contribution in [1.82, 2.24) is 9.88 Å². The number of hydrogen-bond acceptors (Lipinski definition) is 4. The number of hydrogen-bond donors (Lipinski definition) is 1. The summed E-state index contributed by atoms with van der Waals surface area (Å²) in [6.45, 7) is 2.05. The van der Waals surface area contributed by atoms with Gasteiger partial charge in [-0.25, -0.2) is 0 Å². The molecule has 1 heterocycles. The molecule has 0 saturated heterocycles. The standard InChI is InChI=1S/C27H28N2O4/c1-17-10-12-18(13-11-17)25(21-16-28-22-9-7-6-8-20(21)22)29(2)27(30)19-14-23(31-3)26(33-5)24(15-19)32-4/h6-16,25,28H,1-5H3/t25-/m0/s1. The van der Waals surface area contributed by atoms with Crippen molar-refractivity contribution in [3.05, 3.63) is 89.1 Å². The van der Waals surface area contributed by atoms with Crippen LogP contribution in [0.25, 0.3) is 10.9 Å². The van der Waals surface area contributed by atoms with Crippen molar-refractivity contribution < 1.29 is 19.0 Å². The third-order valence-corrected chi connectivity index (χ3v) is 5.93. The van der Waals surface area contributed by atoms with Crippen LogP contribution in [0, 0.1) is 6.92 Å². The summed E-state index contributed by atoms with van der Waals surface area (Å²) in [5.41, 5.74) is 4.68. The number of aromatic amines is 1. The van der Waals surface area contributed by atoms with Crippen LogP contribution < -0.4 is 14.2 Å². The highest BCUT2D eigenvalue weighted by Gasteiger charge is 2.28. The highest BCUT2D eigenvalue weighted by Crippen LogP contribution is 2.40. The molecule has 0 aliphatic rings. The molecule has 1 N–H and O–H groups in total. The van der Waals surface area contributed by atoms with Gasteiger partial charge < -0.3 is 24.1 Å². The molecule has 0 fully saturated rings. The van der Waals surface area contributed by atoms with Gasteiger partial charge in [0, 0.05) is 35.3 Å². The van der Waals surface area contributed by atoms with E-state index in [9.17, 15) is 4.79 Å². The van der Waals surface area contributed by atoms with Crippen LogP contribution in [0.15, 0.2) is 66.9 Å². The number of benzene rings is 3. The Bertz CT molecular complexity index is 1250. The van der Waals surface area contributed by atoms with Gasteiger partial charge in [-0.3, -0.25) is 4.79 Å². The number of nitrogens with one attached hydrogen (secondary N) is 1. The highest BCUT2D eigenvalue weighted by molar-refractivity contribution is 5.96. The molecule has 0 aliphatic heterocycles. The number of methoxy groups -OCH3 is 3. The minimum atomic E-state index is -0.298. The average Bonchev–Trinajstić information content (AvgIpc) is 3.27. The Labute approximate surface area is 193 Å². The van der Waals surface area contributed by atoms with Gasteiger partial charge in [-0.2, -0.15) is 0 Å². The summed E-state index contributed by atoms with van der Waals surface area (Å²) in [6.07, 6.45) is 1.98. The predicted molar refractivity (Wildman–Crippen MR) is 130 cm³/mol. The first-order valence-corrected chi connectivity index (χ1v) is 10.7. The van der Waals surface area contributed by atoms with E-state index in [0.29, 0.717) is 22.8 Å². The second-order valence-electron chi connectivity index (χ2n) is 7.93. The summed E-state index contributed by atoms with van der Waals surface area (Å²) in [7, 11) is 6.43. The number of aromatic nitrogens is 1. The molecule has 4 rings (SSSR count). The minimum Gasteiger partial charge on any atom is -0.493 e. The summed E-state index contributed by atoms with van der Waals surface area (Å²) >= 11 is 0. The molecular weight excluding hydrogens is 416 g/mol. The van der Waals surface area contributed by atoms with Gasteiger partial charge in [-0.15, -0.1) is 0 Å². The van der Waals surface area contributed by atoms with Crippen LogP contribution >= 0.6 is 0 Å². The van der Waals surface area contributed by atoms with E-state index in [1.165, 1.54) is 14.2 Å². The van der Waals surface area contributed by atoms with E-state index in [1.807, 2.05) is 31.4 Å². The monoisotopic (exact) mass is 444 g/mol. The predicted octanol–water partition coefficient (Wildman–Crippen LogP) is 5.36. The fraction of sp³-hybridized carbons (Fsp3) is 0.222. The van der Waals surface area contributed by atoms with Crippen LogP contribution in [0.5, 0.6) is 17.2 Å². The maximum Gasteiger partial charge on any atom is 0.254 e. The molecule has 4 aromatic rings. The Morgan fingerprint density at radius 1 is 0.909 bits per heavy atom. The molecule has 6 heteroatoms. The Balaban J connectivity index is 1.83.